The van der Waals surface area contributed by atoms with Gasteiger partial charge in [-0.1, -0.05) is 46.1 Å². The lowest BCUT2D eigenvalue weighted by atomic mass is 10.0. The zero-order valence-electron chi connectivity index (χ0n) is 20.6. The van der Waals surface area contributed by atoms with Gasteiger partial charge >= 0.3 is 0 Å². The van der Waals surface area contributed by atoms with E-state index >= 15 is 0 Å². The summed E-state index contributed by atoms with van der Waals surface area (Å²) in [4.78, 5) is 7.29. The van der Waals surface area contributed by atoms with Gasteiger partial charge in [0.15, 0.2) is 11.5 Å². The molecular formula is C28H36FN3O2. The van der Waals surface area contributed by atoms with Gasteiger partial charge in [0.2, 0.25) is 6.79 Å². The molecule has 0 N–H and O–H groups in total. The van der Waals surface area contributed by atoms with Crippen LogP contribution >= 0.6 is 0 Å². The van der Waals surface area contributed by atoms with Crippen molar-refractivity contribution < 1.29 is 13.9 Å². The second-order valence-corrected chi connectivity index (χ2v) is 9.12. The third-order valence-corrected chi connectivity index (χ3v) is 6.68. The van der Waals surface area contributed by atoms with Crippen LogP contribution in [0.15, 0.2) is 48.7 Å². The number of hydrogen-bond donors (Lipinski definition) is 0. The smallest absolute Gasteiger partial charge is 0.231 e. The minimum atomic E-state index is -0.226. The van der Waals surface area contributed by atoms with Crippen LogP contribution in [0.1, 0.15) is 57.7 Å². The molecule has 0 atom stereocenters. The number of hydrogen-bond acceptors (Lipinski definition) is 4. The Morgan fingerprint density at radius 1 is 1.00 bits per heavy atom. The fourth-order valence-corrected chi connectivity index (χ4v) is 4.56. The van der Waals surface area contributed by atoms with Crippen molar-refractivity contribution in [1.29, 1.82) is 0 Å². The first-order valence-corrected chi connectivity index (χ1v) is 12.5. The van der Waals surface area contributed by atoms with Gasteiger partial charge in [0.05, 0.1) is 11.9 Å². The number of imidazole rings is 1. The molecule has 0 fully saturated rings. The van der Waals surface area contributed by atoms with Gasteiger partial charge in [-0.05, 0) is 54.3 Å². The maximum absolute atomic E-state index is 13.5. The molecule has 0 bridgehead atoms. The van der Waals surface area contributed by atoms with Crippen LogP contribution < -0.4 is 9.47 Å². The highest BCUT2D eigenvalue weighted by atomic mass is 19.1. The molecule has 0 unspecified atom stereocenters. The Bertz CT molecular complexity index is 1060. The summed E-state index contributed by atoms with van der Waals surface area (Å²) in [6, 6.07) is 12.9. The molecule has 182 valence electrons. The monoisotopic (exact) mass is 465 g/mol. The van der Waals surface area contributed by atoms with Crippen LogP contribution in [0.5, 0.6) is 11.5 Å². The van der Waals surface area contributed by atoms with Crippen molar-refractivity contribution in [2.45, 2.75) is 66.1 Å². The molecule has 0 spiro atoms. The minimum Gasteiger partial charge on any atom is -0.454 e. The number of ether oxygens (including phenoxy) is 2. The largest absolute Gasteiger partial charge is 0.454 e. The topological polar surface area (TPSA) is 39.5 Å². The Hall–Kier alpha value is -2.86. The summed E-state index contributed by atoms with van der Waals surface area (Å²) < 4.78 is 26.9. The maximum atomic E-state index is 13.5. The molecule has 0 radical (unpaired) electrons. The normalized spacial score (nSPS) is 12.8. The second kappa shape index (κ2) is 11.5. The summed E-state index contributed by atoms with van der Waals surface area (Å²) in [5.41, 5.74) is 3.36. The molecule has 0 aliphatic carbocycles. The number of benzene rings is 2. The van der Waals surface area contributed by atoms with E-state index in [-0.39, 0.29) is 5.82 Å². The van der Waals surface area contributed by atoms with Crippen molar-refractivity contribution in [2.24, 2.45) is 5.92 Å². The Morgan fingerprint density at radius 2 is 1.76 bits per heavy atom. The number of unbranched alkanes of at least 4 members (excludes halogenated alkanes) is 1. The molecule has 34 heavy (non-hydrogen) atoms. The van der Waals surface area contributed by atoms with E-state index in [1.165, 1.54) is 23.4 Å². The summed E-state index contributed by atoms with van der Waals surface area (Å²) >= 11 is 0. The molecule has 0 saturated heterocycles. The van der Waals surface area contributed by atoms with Gasteiger partial charge in [-0.3, -0.25) is 4.90 Å². The van der Waals surface area contributed by atoms with Gasteiger partial charge < -0.3 is 14.0 Å². The van der Waals surface area contributed by atoms with Crippen LogP contribution in [0.2, 0.25) is 0 Å². The predicted molar refractivity (Wildman–Crippen MR) is 133 cm³/mol. The predicted octanol–water partition coefficient (Wildman–Crippen LogP) is 6.66. The summed E-state index contributed by atoms with van der Waals surface area (Å²) in [5.74, 6) is 2.96. The van der Waals surface area contributed by atoms with Gasteiger partial charge in [-0.15, -0.1) is 0 Å². The van der Waals surface area contributed by atoms with E-state index in [0.29, 0.717) is 12.7 Å². The minimum absolute atomic E-state index is 0.226. The lowest BCUT2D eigenvalue weighted by molar-refractivity contribution is 0.173. The lowest BCUT2D eigenvalue weighted by Gasteiger charge is -2.27. The van der Waals surface area contributed by atoms with Gasteiger partial charge in [-0.25, -0.2) is 9.37 Å². The third-order valence-electron chi connectivity index (χ3n) is 6.68. The Balaban J connectivity index is 1.61. The molecule has 2 heterocycles. The van der Waals surface area contributed by atoms with E-state index in [9.17, 15) is 4.39 Å². The molecule has 5 nitrogen and oxygen atoms in total. The average molecular weight is 466 g/mol. The number of nitrogens with zero attached hydrogens (tertiary/aromatic N) is 3. The third kappa shape index (κ3) is 5.79. The summed E-state index contributed by atoms with van der Waals surface area (Å²) in [6.45, 7) is 10.6. The fourth-order valence-electron chi connectivity index (χ4n) is 4.56. The first kappa shape index (κ1) is 24.3. The highest BCUT2D eigenvalue weighted by Gasteiger charge is 2.19. The summed E-state index contributed by atoms with van der Waals surface area (Å²) in [7, 11) is 0. The van der Waals surface area contributed by atoms with Gasteiger partial charge in [0.1, 0.15) is 11.6 Å². The Labute approximate surface area is 202 Å². The van der Waals surface area contributed by atoms with E-state index in [0.717, 1.165) is 74.7 Å². The fraction of sp³-hybridized carbons (Fsp3) is 0.464. The highest BCUT2D eigenvalue weighted by molar-refractivity contribution is 5.56. The Morgan fingerprint density at radius 3 is 2.50 bits per heavy atom. The first-order valence-electron chi connectivity index (χ1n) is 12.5. The van der Waals surface area contributed by atoms with Gasteiger partial charge in [-0.2, -0.15) is 0 Å². The van der Waals surface area contributed by atoms with Crippen molar-refractivity contribution in [3.8, 4) is 22.9 Å². The molecule has 1 aliphatic rings. The van der Waals surface area contributed by atoms with E-state index < -0.39 is 0 Å². The summed E-state index contributed by atoms with van der Waals surface area (Å²) in [5, 5.41) is 0. The second-order valence-electron chi connectivity index (χ2n) is 9.12. The van der Waals surface area contributed by atoms with E-state index in [1.54, 1.807) is 0 Å². The van der Waals surface area contributed by atoms with Crippen molar-refractivity contribution in [3.63, 3.8) is 0 Å². The zero-order valence-corrected chi connectivity index (χ0v) is 20.6. The van der Waals surface area contributed by atoms with E-state index in [2.05, 4.69) is 42.4 Å². The first-order chi connectivity index (χ1) is 16.6. The van der Waals surface area contributed by atoms with Gasteiger partial charge in [0.25, 0.3) is 0 Å². The molecule has 1 aromatic heterocycles. The van der Waals surface area contributed by atoms with Crippen LogP contribution in [0.25, 0.3) is 11.4 Å². The standard InChI is InChI=1S/C28H36FN3O2/c1-4-7-14-32-25(16-30-28(32)23-9-11-24(29)12-10-23)19-31(17-21(5-2)6-3)18-22-8-13-26-27(15-22)34-20-33-26/h8-13,15-16,21H,4-7,14,17-20H2,1-3H3. The maximum Gasteiger partial charge on any atom is 0.231 e. The molecule has 3 aromatic rings. The highest BCUT2D eigenvalue weighted by Crippen LogP contribution is 2.33. The quantitative estimate of drug-likeness (QED) is 0.300. The van der Waals surface area contributed by atoms with E-state index in [4.69, 9.17) is 14.5 Å². The number of halogens is 1. The van der Waals surface area contributed by atoms with Crippen molar-refractivity contribution >= 4 is 0 Å². The number of rotatable bonds is 12. The molecule has 4 rings (SSSR count). The molecular weight excluding hydrogens is 429 g/mol. The summed E-state index contributed by atoms with van der Waals surface area (Å²) in [6.07, 6.45) is 6.49. The van der Waals surface area contributed by atoms with E-state index in [1.807, 2.05) is 24.4 Å². The van der Waals surface area contributed by atoms with Crippen LogP contribution in [-0.4, -0.2) is 27.8 Å². The SMILES string of the molecule is CCCCn1c(CN(Cc2ccc3c(c2)OCO3)CC(CC)CC)cnc1-c1ccc(F)cc1. The molecule has 0 amide bonds. The zero-order chi connectivity index (χ0) is 23.9. The average Bonchev–Trinajstić information content (AvgIpc) is 3.48. The molecule has 0 saturated carbocycles. The van der Waals surface area contributed by atoms with Crippen molar-refractivity contribution in [3.05, 3.63) is 65.7 Å². The van der Waals surface area contributed by atoms with Crippen LogP contribution in [0, 0.1) is 11.7 Å². The van der Waals surface area contributed by atoms with Crippen molar-refractivity contribution in [1.82, 2.24) is 14.5 Å². The van der Waals surface area contributed by atoms with Crippen LogP contribution in [-0.2, 0) is 19.6 Å². The molecule has 2 aromatic carbocycles. The number of fused-ring (bicyclic) bond motifs is 1. The van der Waals surface area contributed by atoms with Crippen LogP contribution in [0.3, 0.4) is 0 Å². The van der Waals surface area contributed by atoms with Crippen LogP contribution in [0.4, 0.5) is 4.39 Å². The Kier molecular flexibility index (Phi) is 8.22. The molecule has 1 aliphatic heterocycles. The number of aromatic nitrogens is 2. The van der Waals surface area contributed by atoms with Gasteiger partial charge in [0, 0.05) is 31.7 Å². The van der Waals surface area contributed by atoms with Crippen molar-refractivity contribution in [2.75, 3.05) is 13.3 Å². The molecule has 6 heteroatoms. The lowest BCUT2D eigenvalue weighted by Crippen LogP contribution is -2.29.